The highest BCUT2D eigenvalue weighted by atomic mass is 35.5. The summed E-state index contributed by atoms with van der Waals surface area (Å²) in [7, 11) is 0. The zero-order valence-electron chi connectivity index (χ0n) is 20.4. The number of hydrogen-bond acceptors (Lipinski definition) is 4. The minimum atomic E-state index is -0.391. The second-order valence-corrected chi connectivity index (χ2v) is 10.3. The van der Waals surface area contributed by atoms with Crippen molar-refractivity contribution in [3.05, 3.63) is 89.3 Å². The van der Waals surface area contributed by atoms with Gasteiger partial charge in [-0.05, 0) is 65.9 Å². The predicted octanol–water partition coefficient (Wildman–Crippen LogP) is 7.01. The highest BCUT2D eigenvalue weighted by molar-refractivity contribution is 6.33. The Bertz CT molecular complexity index is 1400. The molecule has 0 radical (unpaired) electrons. The van der Waals surface area contributed by atoms with E-state index in [0.29, 0.717) is 22.7 Å². The number of amides is 1. The van der Waals surface area contributed by atoms with Crippen LogP contribution < -0.4 is 10.1 Å². The van der Waals surface area contributed by atoms with Crippen LogP contribution >= 0.6 is 11.6 Å². The molecule has 4 aromatic rings. The molecular weight excluding hydrogens is 479 g/mol. The summed E-state index contributed by atoms with van der Waals surface area (Å²) < 4.78 is 19.9. The molecule has 0 fully saturated rings. The van der Waals surface area contributed by atoms with Gasteiger partial charge in [0.1, 0.15) is 23.4 Å². The summed E-state index contributed by atoms with van der Waals surface area (Å²) in [5, 5.41) is 14.0. The number of phenols is 1. The molecule has 0 aliphatic heterocycles. The summed E-state index contributed by atoms with van der Waals surface area (Å²) in [6.07, 6.45) is 2.05. The smallest absolute Gasteiger partial charge is 0.255 e. The molecule has 1 atom stereocenters. The Morgan fingerprint density at radius 2 is 1.86 bits per heavy atom. The molecule has 1 heterocycles. The average Bonchev–Trinajstić information content (AvgIpc) is 2.81. The molecule has 1 amide bonds. The Kier molecular flexibility index (Phi) is 7.45. The number of carbonyl (C=O) groups is 1. The summed E-state index contributed by atoms with van der Waals surface area (Å²) in [6.45, 7) is 6.58. The number of carbonyl (C=O) groups excluding carboxylic acids is 1. The molecule has 1 aromatic heterocycles. The highest BCUT2D eigenvalue weighted by Crippen LogP contribution is 2.35. The summed E-state index contributed by atoms with van der Waals surface area (Å²) in [4.78, 5) is 17.1. The minimum Gasteiger partial charge on any atom is -0.507 e. The van der Waals surface area contributed by atoms with Crippen LogP contribution in [0, 0.1) is 11.2 Å². The fraction of sp³-hybridized carbons (Fsp3) is 0.241. The lowest BCUT2D eigenvalue weighted by atomic mass is 9.89. The van der Waals surface area contributed by atoms with E-state index in [1.807, 2.05) is 24.3 Å². The second-order valence-electron chi connectivity index (χ2n) is 9.89. The predicted molar refractivity (Wildman–Crippen MR) is 141 cm³/mol. The van der Waals surface area contributed by atoms with Crippen molar-refractivity contribution in [2.45, 2.75) is 33.3 Å². The maximum absolute atomic E-state index is 13.5. The van der Waals surface area contributed by atoms with Gasteiger partial charge in [0.2, 0.25) is 0 Å². The molecule has 4 rings (SSSR count). The third-order valence-corrected chi connectivity index (χ3v) is 6.03. The van der Waals surface area contributed by atoms with Crippen LogP contribution in [-0.2, 0) is 0 Å². The van der Waals surface area contributed by atoms with Gasteiger partial charge in [-0.3, -0.25) is 9.78 Å². The van der Waals surface area contributed by atoms with Gasteiger partial charge in [0.05, 0.1) is 22.6 Å². The van der Waals surface area contributed by atoms with Crippen molar-refractivity contribution < 1.29 is 19.0 Å². The van der Waals surface area contributed by atoms with E-state index in [9.17, 15) is 14.3 Å². The van der Waals surface area contributed by atoms with Gasteiger partial charge in [0.25, 0.3) is 5.91 Å². The summed E-state index contributed by atoms with van der Waals surface area (Å²) in [5.41, 5.74) is 2.44. The lowest BCUT2D eigenvalue weighted by Gasteiger charge is -2.27. The number of benzene rings is 3. The first-order valence-corrected chi connectivity index (χ1v) is 12.1. The van der Waals surface area contributed by atoms with Crippen molar-refractivity contribution in [3.63, 3.8) is 0 Å². The van der Waals surface area contributed by atoms with E-state index in [1.165, 1.54) is 18.2 Å². The van der Waals surface area contributed by atoms with Crippen LogP contribution in [0.2, 0.25) is 5.02 Å². The third-order valence-electron chi connectivity index (χ3n) is 5.72. The first-order chi connectivity index (χ1) is 17.1. The molecule has 0 spiro atoms. The summed E-state index contributed by atoms with van der Waals surface area (Å²) in [6, 6.07) is 18.2. The molecule has 0 unspecified atom stereocenters. The molecule has 3 aromatic carbocycles. The highest BCUT2D eigenvalue weighted by Gasteiger charge is 2.22. The Balaban J connectivity index is 1.57. The van der Waals surface area contributed by atoms with E-state index in [0.717, 1.165) is 16.5 Å². The van der Waals surface area contributed by atoms with E-state index in [1.54, 1.807) is 30.5 Å². The maximum atomic E-state index is 13.5. The van der Waals surface area contributed by atoms with Crippen molar-refractivity contribution in [1.82, 2.24) is 10.3 Å². The Labute approximate surface area is 214 Å². The fourth-order valence-electron chi connectivity index (χ4n) is 4.14. The number of pyridine rings is 1. The number of aromatic hydroxyl groups is 1. The van der Waals surface area contributed by atoms with Gasteiger partial charge in [-0.1, -0.05) is 44.5 Å². The minimum absolute atomic E-state index is 0.0497. The van der Waals surface area contributed by atoms with E-state index in [-0.39, 0.29) is 35.3 Å². The van der Waals surface area contributed by atoms with Gasteiger partial charge in [-0.2, -0.15) is 0 Å². The Morgan fingerprint density at radius 1 is 1.08 bits per heavy atom. The SMILES string of the molecule is CC(C)(C)C[C@H](CNC(=O)c1ccccc1O)Oc1ccc2c(-c3ccc(F)cc3Cl)ccnc2c1. The average molecular weight is 507 g/mol. The van der Waals surface area contributed by atoms with Crippen molar-refractivity contribution in [2.24, 2.45) is 5.41 Å². The van der Waals surface area contributed by atoms with Crippen LogP contribution in [0.3, 0.4) is 0 Å². The molecule has 0 aliphatic carbocycles. The molecule has 36 heavy (non-hydrogen) atoms. The van der Waals surface area contributed by atoms with Crippen LogP contribution in [0.5, 0.6) is 11.5 Å². The lowest BCUT2D eigenvalue weighted by molar-refractivity contribution is 0.0899. The normalized spacial score (nSPS) is 12.4. The van der Waals surface area contributed by atoms with Gasteiger partial charge in [0, 0.05) is 23.2 Å². The van der Waals surface area contributed by atoms with Crippen molar-refractivity contribution >= 4 is 28.4 Å². The monoisotopic (exact) mass is 506 g/mol. The van der Waals surface area contributed by atoms with E-state index in [4.69, 9.17) is 16.3 Å². The zero-order chi connectivity index (χ0) is 25.9. The number of aromatic nitrogens is 1. The lowest BCUT2D eigenvalue weighted by Crippen LogP contribution is -2.37. The Morgan fingerprint density at radius 3 is 2.58 bits per heavy atom. The Hall–Kier alpha value is -3.64. The van der Waals surface area contributed by atoms with Crippen LogP contribution in [0.25, 0.3) is 22.0 Å². The zero-order valence-corrected chi connectivity index (χ0v) is 21.1. The number of ether oxygens (including phenoxy) is 1. The second kappa shape index (κ2) is 10.5. The van der Waals surface area contributed by atoms with Gasteiger partial charge in [0.15, 0.2) is 0 Å². The van der Waals surface area contributed by atoms with Crippen LogP contribution in [0.15, 0.2) is 72.9 Å². The van der Waals surface area contributed by atoms with Gasteiger partial charge >= 0.3 is 0 Å². The topological polar surface area (TPSA) is 71.5 Å². The van der Waals surface area contributed by atoms with Gasteiger partial charge in [-0.25, -0.2) is 4.39 Å². The number of fused-ring (bicyclic) bond motifs is 1. The largest absolute Gasteiger partial charge is 0.507 e. The molecule has 2 N–H and O–H groups in total. The standard InChI is InChI=1S/C29H28ClFN2O3/c1-29(2,3)16-20(17-33-28(35)24-6-4-5-7-27(24)34)36-19-9-11-23-21(12-13-32-26(23)15-19)22-10-8-18(31)14-25(22)30/h4-15,20,34H,16-17H2,1-3H3,(H,33,35)/t20-/m1/s1. The summed E-state index contributed by atoms with van der Waals surface area (Å²) >= 11 is 6.31. The van der Waals surface area contributed by atoms with Crippen LogP contribution in [-0.4, -0.2) is 28.6 Å². The first-order valence-electron chi connectivity index (χ1n) is 11.7. The number of para-hydroxylation sites is 1. The van der Waals surface area contributed by atoms with Gasteiger partial charge in [-0.15, -0.1) is 0 Å². The molecule has 186 valence electrons. The number of halogens is 2. The number of nitrogens with one attached hydrogen (secondary N) is 1. The van der Waals surface area contributed by atoms with Crippen LogP contribution in [0.4, 0.5) is 4.39 Å². The molecule has 0 saturated carbocycles. The molecule has 5 nitrogen and oxygen atoms in total. The van der Waals surface area contributed by atoms with Crippen LogP contribution in [0.1, 0.15) is 37.6 Å². The molecule has 0 aliphatic rings. The van der Waals surface area contributed by atoms with E-state index in [2.05, 4.69) is 31.1 Å². The van der Waals surface area contributed by atoms with Crippen molar-refractivity contribution in [2.75, 3.05) is 6.54 Å². The maximum Gasteiger partial charge on any atom is 0.255 e. The first kappa shape index (κ1) is 25.5. The third kappa shape index (κ3) is 6.13. The van der Waals surface area contributed by atoms with Gasteiger partial charge < -0.3 is 15.2 Å². The molecule has 0 bridgehead atoms. The number of rotatable bonds is 7. The number of nitrogens with zero attached hydrogens (tertiary/aromatic N) is 1. The van der Waals surface area contributed by atoms with Crippen molar-refractivity contribution in [1.29, 1.82) is 0 Å². The molecule has 7 heteroatoms. The van der Waals surface area contributed by atoms with Crippen molar-refractivity contribution in [3.8, 4) is 22.6 Å². The van der Waals surface area contributed by atoms with E-state index >= 15 is 0 Å². The number of hydrogen-bond donors (Lipinski definition) is 2. The summed E-state index contributed by atoms with van der Waals surface area (Å²) in [5.74, 6) is -0.210. The van der Waals surface area contributed by atoms with E-state index < -0.39 is 5.82 Å². The number of phenolic OH excluding ortho intramolecular Hbond substituents is 1. The molecular formula is C29H28ClFN2O3. The fourth-order valence-corrected chi connectivity index (χ4v) is 4.41. The quantitative estimate of drug-likeness (QED) is 0.283. The molecule has 0 saturated heterocycles.